The molecule has 114 valence electrons. The van der Waals surface area contributed by atoms with Crippen LogP contribution in [0.5, 0.6) is 0 Å². The molecule has 1 aliphatic heterocycles. The van der Waals surface area contributed by atoms with Crippen LogP contribution in [-0.2, 0) is 16.0 Å². The van der Waals surface area contributed by atoms with Crippen molar-refractivity contribution in [1.29, 1.82) is 0 Å². The Labute approximate surface area is 123 Å². The van der Waals surface area contributed by atoms with Crippen molar-refractivity contribution in [2.45, 2.75) is 25.3 Å². The summed E-state index contributed by atoms with van der Waals surface area (Å²) in [5.74, 6) is -0.949. The standard InChI is InChI=1S/C15H20N2O4/c1-21-10-8-11-5-2-3-6-12(11)16-15(20)17-9-4-7-13(17)14(18)19/h2-3,5-6,13H,4,7-10H2,1H3,(H,16,20)(H,18,19). The van der Waals surface area contributed by atoms with Gasteiger partial charge in [0.15, 0.2) is 0 Å². The molecule has 21 heavy (non-hydrogen) atoms. The highest BCUT2D eigenvalue weighted by molar-refractivity contribution is 5.93. The van der Waals surface area contributed by atoms with E-state index in [1.54, 1.807) is 7.11 Å². The second kappa shape index (κ2) is 7.08. The molecule has 6 heteroatoms. The summed E-state index contributed by atoms with van der Waals surface area (Å²) >= 11 is 0. The van der Waals surface area contributed by atoms with Crippen LogP contribution in [0.3, 0.4) is 0 Å². The SMILES string of the molecule is COCCc1ccccc1NC(=O)N1CCCC1C(=O)O. The maximum absolute atomic E-state index is 12.3. The number of methoxy groups -OCH3 is 1. The van der Waals surface area contributed by atoms with Gasteiger partial charge in [-0.3, -0.25) is 0 Å². The zero-order valence-corrected chi connectivity index (χ0v) is 12.0. The van der Waals surface area contributed by atoms with E-state index in [-0.39, 0.29) is 6.03 Å². The molecule has 1 atom stereocenters. The third kappa shape index (κ3) is 3.72. The Morgan fingerprint density at radius 1 is 1.43 bits per heavy atom. The fourth-order valence-electron chi connectivity index (χ4n) is 2.53. The van der Waals surface area contributed by atoms with E-state index in [1.165, 1.54) is 4.90 Å². The Bertz CT molecular complexity index is 518. The highest BCUT2D eigenvalue weighted by Gasteiger charge is 2.34. The summed E-state index contributed by atoms with van der Waals surface area (Å²) in [7, 11) is 1.63. The van der Waals surface area contributed by atoms with E-state index in [1.807, 2.05) is 24.3 Å². The van der Waals surface area contributed by atoms with Gasteiger partial charge >= 0.3 is 12.0 Å². The van der Waals surface area contributed by atoms with E-state index in [4.69, 9.17) is 9.84 Å². The van der Waals surface area contributed by atoms with Crippen LogP contribution in [-0.4, -0.2) is 48.3 Å². The number of nitrogens with zero attached hydrogens (tertiary/aromatic N) is 1. The van der Waals surface area contributed by atoms with Crippen LogP contribution in [0.1, 0.15) is 18.4 Å². The number of rotatable bonds is 5. The van der Waals surface area contributed by atoms with Crippen LogP contribution in [0.2, 0.25) is 0 Å². The minimum atomic E-state index is -0.949. The number of benzene rings is 1. The number of hydrogen-bond acceptors (Lipinski definition) is 3. The van der Waals surface area contributed by atoms with Crippen molar-refractivity contribution < 1.29 is 19.4 Å². The smallest absolute Gasteiger partial charge is 0.326 e. The summed E-state index contributed by atoms with van der Waals surface area (Å²) in [6.45, 7) is 1.04. The van der Waals surface area contributed by atoms with Crippen molar-refractivity contribution in [3.63, 3.8) is 0 Å². The molecule has 1 saturated heterocycles. The van der Waals surface area contributed by atoms with Gasteiger partial charge in [0.1, 0.15) is 6.04 Å². The number of anilines is 1. The van der Waals surface area contributed by atoms with Gasteiger partial charge in [-0.05, 0) is 30.9 Å². The lowest BCUT2D eigenvalue weighted by atomic mass is 10.1. The lowest BCUT2D eigenvalue weighted by Crippen LogP contribution is -2.42. The van der Waals surface area contributed by atoms with E-state index < -0.39 is 12.0 Å². The zero-order valence-electron chi connectivity index (χ0n) is 12.0. The normalized spacial score (nSPS) is 17.8. The number of ether oxygens (including phenoxy) is 1. The van der Waals surface area contributed by atoms with Crippen molar-refractivity contribution >= 4 is 17.7 Å². The number of carboxylic acid groups (broad SMARTS) is 1. The Hall–Kier alpha value is -2.08. The summed E-state index contributed by atoms with van der Waals surface area (Å²) < 4.78 is 5.05. The minimum absolute atomic E-state index is 0.357. The van der Waals surface area contributed by atoms with Crippen molar-refractivity contribution in [2.24, 2.45) is 0 Å². The highest BCUT2D eigenvalue weighted by atomic mass is 16.5. The topological polar surface area (TPSA) is 78.9 Å². The lowest BCUT2D eigenvalue weighted by molar-refractivity contribution is -0.141. The zero-order chi connectivity index (χ0) is 15.2. The average molecular weight is 292 g/mol. The van der Waals surface area contributed by atoms with Crippen LogP contribution < -0.4 is 5.32 Å². The highest BCUT2D eigenvalue weighted by Crippen LogP contribution is 2.21. The molecule has 1 aromatic carbocycles. The molecule has 1 unspecified atom stereocenters. The molecular formula is C15H20N2O4. The van der Waals surface area contributed by atoms with Gasteiger partial charge in [0.05, 0.1) is 6.61 Å². The summed E-state index contributed by atoms with van der Waals surface area (Å²) in [4.78, 5) is 24.8. The molecule has 1 aliphatic rings. The number of carbonyl (C=O) groups is 2. The van der Waals surface area contributed by atoms with Crippen LogP contribution in [0, 0.1) is 0 Å². The van der Waals surface area contributed by atoms with E-state index in [0.29, 0.717) is 31.7 Å². The Morgan fingerprint density at radius 3 is 2.90 bits per heavy atom. The maximum atomic E-state index is 12.3. The summed E-state index contributed by atoms with van der Waals surface area (Å²) in [6, 6.07) is 6.39. The lowest BCUT2D eigenvalue weighted by Gasteiger charge is -2.22. The molecule has 0 saturated carbocycles. The van der Waals surface area contributed by atoms with E-state index >= 15 is 0 Å². The number of nitrogens with one attached hydrogen (secondary N) is 1. The number of carboxylic acids is 1. The van der Waals surface area contributed by atoms with Gasteiger partial charge in [-0.2, -0.15) is 0 Å². The van der Waals surface area contributed by atoms with Gasteiger partial charge in [0, 0.05) is 19.3 Å². The van der Waals surface area contributed by atoms with Crippen molar-refractivity contribution in [1.82, 2.24) is 4.90 Å². The molecule has 2 amide bonds. The van der Waals surface area contributed by atoms with Gasteiger partial charge in [-0.1, -0.05) is 18.2 Å². The van der Waals surface area contributed by atoms with Gasteiger partial charge in [-0.15, -0.1) is 0 Å². The first kappa shape index (κ1) is 15.3. The van der Waals surface area contributed by atoms with E-state index in [2.05, 4.69) is 5.32 Å². The second-order valence-corrected chi connectivity index (χ2v) is 5.02. The first-order valence-corrected chi connectivity index (χ1v) is 7.00. The number of para-hydroxylation sites is 1. The number of amides is 2. The van der Waals surface area contributed by atoms with Crippen LogP contribution in [0.4, 0.5) is 10.5 Å². The summed E-state index contributed by atoms with van der Waals surface area (Å²) in [6.07, 6.45) is 1.92. The van der Waals surface area contributed by atoms with Crippen molar-refractivity contribution in [3.8, 4) is 0 Å². The number of hydrogen-bond donors (Lipinski definition) is 2. The summed E-state index contributed by atoms with van der Waals surface area (Å²) in [5.41, 5.74) is 1.68. The molecule has 0 bridgehead atoms. The monoisotopic (exact) mass is 292 g/mol. The molecule has 0 aromatic heterocycles. The molecule has 1 aromatic rings. The molecule has 0 aliphatic carbocycles. The van der Waals surface area contributed by atoms with Gasteiger partial charge < -0.3 is 20.1 Å². The van der Waals surface area contributed by atoms with Gasteiger partial charge in [0.2, 0.25) is 0 Å². The number of aliphatic carboxylic acids is 1. The van der Waals surface area contributed by atoms with Crippen molar-refractivity contribution in [2.75, 3.05) is 25.6 Å². The predicted octanol–water partition coefficient (Wildman–Crippen LogP) is 1.96. The average Bonchev–Trinajstić information content (AvgIpc) is 2.96. The molecule has 0 spiro atoms. The molecular weight excluding hydrogens is 272 g/mol. The molecule has 1 fully saturated rings. The fourth-order valence-corrected chi connectivity index (χ4v) is 2.53. The fraction of sp³-hybridized carbons (Fsp3) is 0.467. The Morgan fingerprint density at radius 2 is 2.19 bits per heavy atom. The van der Waals surface area contributed by atoms with Gasteiger partial charge in [0.25, 0.3) is 0 Å². The van der Waals surface area contributed by atoms with E-state index in [0.717, 1.165) is 12.0 Å². The van der Waals surface area contributed by atoms with E-state index in [9.17, 15) is 9.59 Å². The predicted molar refractivity (Wildman–Crippen MR) is 78.4 cm³/mol. The quantitative estimate of drug-likeness (QED) is 0.869. The molecule has 6 nitrogen and oxygen atoms in total. The number of likely N-dealkylation sites (tertiary alicyclic amines) is 1. The minimum Gasteiger partial charge on any atom is -0.480 e. The largest absolute Gasteiger partial charge is 0.480 e. The Balaban J connectivity index is 2.07. The molecule has 2 rings (SSSR count). The molecule has 0 radical (unpaired) electrons. The maximum Gasteiger partial charge on any atom is 0.326 e. The molecule has 2 N–H and O–H groups in total. The summed E-state index contributed by atoms with van der Waals surface area (Å²) in [5, 5.41) is 11.9. The van der Waals surface area contributed by atoms with Crippen LogP contribution in [0.15, 0.2) is 24.3 Å². The third-order valence-electron chi connectivity index (χ3n) is 3.63. The second-order valence-electron chi connectivity index (χ2n) is 5.02. The van der Waals surface area contributed by atoms with Crippen LogP contribution in [0.25, 0.3) is 0 Å². The van der Waals surface area contributed by atoms with Gasteiger partial charge in [-0.25, -0.2) is 9.59 Å². The number of urea groups is 1. The third-order valence-corrected chi connectivity index (χ3v) is 3.63. The van der Waals surface area contributed by atoms with Crippen LogP contribution >= 0.6 is 0 Å². The van der Waals surface area contributed by atoms with Crippen molar-refractivity contribution in [3.05, 3.63) is 29.8 Å². The molecule has 1 heterocycles. The first-order chi connectivity index (χ1) is 10.1. The number of carbonyl (C=O) groups excluding carboxylic acids is 1. The first-order valence-electron chi connectivity index (χ1n) is 7.00. The Kier molecular flexibility index (Phi) is 5.16.